The van der Waals surface area contributed by atoms with Crippen molar-refractivity contribution in [1.29, 1.82) is 0 Å². The second kappa shape index (κ2) is 13.9. The zero-order valence-electron chi connectivity index (χ0n) is 37.2. The van der Waals surface area contributed by atoms with E-state index in [0.717, 1.165) is 44.9 Å². The SMILES string of the molecule is CC1C(NC(=O)C23CCC(CC4(C)CC4)C2C2CCC4C5(C)CCC(OC(=O)C6CC(C(=O)O)C6C)C(C)(C)C5CCC4(C)C2(C)CC3)CC1C(=O)N1CCOCC1. The Morgan fingerprint density at radius 3 is 2.12 bits per heavy atom. The van der Waals surface area contributed by atoms with Crippen LogP contribution in [0.3, 0.4) is 0 Å². The van der Waals surface area contributed by atoms with E-state index in [1.54, 1.807) is 0 Å². The van der Waals surface area contributed by atoms with Gasteiger partial charge in [0.25, 0.3) is 0 Å². The molecule has 0 aromatic carbocycles. The van der Waals surface area contributed by atoms with Crippen LogP contribution in [0.15, 0.2) is 0 Å². The second-order valence-electron chi connectivity index (χ2n) is 23.8. The first-order valence-electron chi connectivity index (χ1n) is 23.9. The van der Waals surface area contributed by atoms with Crippen LogP contribution >= 0.6 is 0 Å². The molecule has 8 aliphatic carbocycles. The Hall–Kier alpha value is -2.16. The molecule has 0 aromatic heterocycles. The largest absolute Gasteiger partial charge is 0.481 e. The maximum Gasteiger partial charge on any atom is 0.309 e. The number of aliphatic carboxylic acids is 1. The summed E-state index contributed by atoms with van der Waals surface area (Å²) in [6, 6.07) is 0.0749. The van der Waals surface area contributed by atoms with Crippen LogP contribution in [0.2, 0.25) is 0 Å². The van der Waals surface area contributed by atoms with Gasteiger partial charge in [0.1, 0.15) is 6.10 Å². The van der Waals surface area contributed by atoms with Gasteiger partial charge in [-0.05, 0) is 159 Å². The molecule has 2 N–H and O–H groups in total. The summed E-state index contributed by atoms with van der Waals surface area (Å²) in [5, 5.41) is 13.2. The molecular formula is C49H76N2O7. The van der Waals surface area contributed by atoms with Crippen LogP contribution in [-0.2, 0) is 28.7 Å². The quantitative estimate of drug-likeness (QED) is 0.236. The fraction of sp³-hybridized carbons (Fsp3) is 0.918. The lowest BCUT2D eigenvalue weighted by molar-refractivity contribution is -0.251. The molecule has 16 unspecified atom stereocenters. The molecule has 2 amide bonds. The number of ether oxygens (including phenoxy) is 2. The zero-order chi connectivity index (χ0) is 41.4. The average Bonchev–Trinajstić information content (AvgIpc) is 3.79. The van der Waals surface area contributed by atoms with Crippen molar-refractivity contribution in [3.8, 4) is 0 Å². The monoisotopic (exact) mass is 805 g/mol. The van der Waals surface area contributed by atoms with E-state index in [1.165, 1.54) is 44.9 Å². The van der Waals surface area contributed by atoms with Crippen molar-refractivity contribution in [2.24, 2.45) is 91.7 Å². The number of rotatable bonds is 8. The summed E-state index contributed by atoms with van der Waals surface area (Å²) in [5.74, 6) is 1.35. The van der Waals surface area contributed by atoms with E-state index in [1.807, 2.05) is 11.8 Å². The highest BCUT2D eigenvalue weighted by Gasteiger charge is 2.72. The van der Waals surface area contributed by atoms with E-state index < -0.39 is 11.9 Å². The van der Waals surface area contributed by atoms with Gasteiger partial charge >= 0.3 is 11.9 Å². The van der Waals surface area contributed by atoms with Crippen molar-refractivity contribution >= 4 is 23.8 Å². The van der Waals surface area contributed by atoms with Gasteiger partial charge in [0.15, 0.2) is 0 Å². The molecule has 0 aromatic rings. The van der Waals surface area contributed by atoms with E-state index >= 15 is 4.79 Å². The molecule has 1 heterocycles. The molecule has 1 aliphatic heterocycles. The first-order chi connectivity index (χ1) is 27.3. The number of amides is 2. The van der Waals surface area contributed by atoms with Crippen LogP contribution in [0, 0.1) is 91.7 Å². The number of nitrogens with one attached hydrogen (secondary N) is 1. The Morgan fingerprint density at radius 1 is 0.741 bits per heavy atom. The lowest BCUT2D eigenvalue weighted by atomic mass is 9.32. The fourth-order valence-electron chi connectivity index (χ4n) is 16.9. The van der Waals surface area contributed by atoms with Gasteiger partial charge in [-0.15, -0.1) is 0 Å². The Labute approximate surface area is 348 Å². The van der Waals surface area contributed by atoms with Crippen molar-refractivity contribution in [3.05, 3.63) is 0 Å². The summed E-state index contributed by atoms with van der Waals surface area (Å²) in [4.78, 5) is 55.6. The Balaban J connectivity index is 0.930. The number of carboxylic acid groups (broad SMARTS) is 1. The number of carbonyl (C=O) groups excluding carboxylic acids is 3. The molecule has 324 valence electrons. The molecule has 8 saturated carbocycles. The number of fused-ring (bicyclic) bond motifs is 7. The molecule has 1 saturated heterocycles. The third-order valence-corrected chi connectivity index (χ3v) is 21.2. The van der Waals surface area contributed by atoms with Gasteiger partial charge < -0.3 is 24.8 Å². The lowest BCUT2D eigenvalue weighted by Crippen LogP contribution is -2.68. The molecule has 16 atom stereocenters. The molecule has 9 rings (SSSR count). The minimum atomic E-state index is -0.804. The number of nitrogens with zero attached hydrogens (tertiary/aromatic N) is 1. The van der Waals surface area contributed by atoms with Crippen molar-refractivity contribution in [3.63, 3.8) is 0 Å². The Morgan fingerprint density at radius 2 is 1.47 bits per heavy atom. The molecule has 9 fully saturated rings. The van der Waals surface area contributed by atoms with Gasteiger partial charge in [0, 0.05) is 30.5 Å². The van der Waals surface area contributed by atoms with E-state index in [0.29, 0.717) is 73.6 Å². The third-order valence-electron chi connectivity index (χ3n) is 21.2. The highest BCUT2D eigenvalue weighted by atomic mass is 16.5. The fourth-order valence-corrected chi connectivity index (χ4v) is 16.9. The number of hydrogen-bond acceptors (Lipinski definition) is 6. The van der Waals surface area contributed by atoms with E-state index in [-0.39, 0.29) is 74.8 Å². The smallest absolute Gasteiger partial charge is 0.309 e. The minimum Gasteiger partial charge on any atom is -0.481 e. The van der Waals surface area contributed by atoms with Crippen molar-refractivity contribution in [2.75, 3.05) is 26.3 Å². The van der Waals surface area contributed by atoms with Gasteiger partial charge in [-0.25, -0.2) is 0 Å². The standard InChI is InChI=1S/C49H76N2O7/c1-28-32(41(53)54)25-33(28)42(55)58-38-13-14-46(6)36(44(38,3)4)12-15-48(8)37(46)10-9-34-39-30(27-45(5)17-18-45)11-16-49(39,20-19-47(34,48)7)43(56)50-35-26-31(29(35)2)40(52)51-21-23-57-24-22-51/h28-39H,9-27H2,1-8H3,(H,50,56)(H,53,54). The molecule has 0 spiro atoms. The van der Waals surface area contributed by atoms with Crippen molar-refractivity contribution in [2.45, 2.75) is 164 Å². The normalized spacial score (nSPS) is 49.7. The van der Waals surface area contributed by atoms with Gasteiger partial charge in [-0.3, -0.25) is 19.2 Å². The molecule has 9 aliphatic rings. The summed E-state index contributed by atoms with van der Waals surface area (Å²) in [5.41, 5.74) is 0.429. The Kier molecular flexibility index (Phi) is 9.89. The van der Waals surface area contributed by atoms with Crippen molar-refractivity contribution < 1.29 is 33.8 Å². The number of carbonyl (C=O) groups is 4. The van der Waals surface area contributed by atoms with E-state index in [4.69, 9.17) is 9.47 Å². The van der Waals surface area contributed by atoms with Gasteiger partial charge in [-0.1, -0.05) is 55.4 Å². The van der Waals surface area contributed by atoms with Crippen LogP contribution in [0.25, 0.3) is 0 Å². The topological polar surface area (TPSA) is 122 Å². The maximum atomic E-state index is 15.1. The molecule has 9 nitrogen and oxygen atoms in total. The van der Waals surface area contributed by atoms with Gasteiger partial charge in [0.2, 0.25) is 11.8 Å². The summed E-state index contributed by atoms with van der Waals surface area (Å²) in [7, 11) is 0. The highest BCUT2D eigenvalue weighted by Crippen LogP contribution is 2.78. The highest BCUT2D eigenvalue weighted by molar-refractivity contribution is 5.85. The van der Waals surface area contributed by atoms with Gasteiger partial charge in [-0.2, -0.15) is 0 Å². The van der Waals surface area contributed by atoms with Crippen LogP contribution in [0.5, 0.6) is 0 Å². The van der Waals surface area contributed by atoms with Crippen LogP contribution in [0.4, 0.5) is 0 Å². The lowest BCUT2D eigenvalue weighted by Gasteiger charge is -2.73. The predicted octanol–water partition coefficient (Wildman–Crippen LogP) is 8.53. The van der Waals surface area contributed by atoms with E-state index in [9.17, 15) is 19.5 Å². The minimum absolute atomic E-state index is 0.00526. The van der Waals surface area contributed by atoms with Crippen LogP contribution in [-0.4, -0.2) is 72.2 Å². The molecule has 9 heteroatoms. The molecule has 0 radical (unpaired) electrons. The number of morpholine rings is 1. The van der Waals surface area contributed by atoms with Crippen molar-refractivity contribution in [1.82, 2.24) is 10.2 Å². The number of carboxylic acids is 1. The van der Waals surface area contributed by atoms with Gasteiger partial charge in [0.05, 0.1) is 30.5 Å². The number of esters is 1. The first kappa shape index (κ1) is 41.2. The second-order valence-corrected chi connectivity index (χ2v) is 23.8. The molecule has 58 heavy (non-hydrogen) atoms. The first-order valence-corrected chi connectivity index (χ1v) is 23.9. The van der Waals surface area contributed by atoms with Crippen LogP contribution in [0.1, 0.15) is 152 Å². The number of hydrogen-bond donors (Lipinski definition) is 2. The maximum absolute atomic E-state index is 15.1. The zero-order valence-corrected chi connectivity index (χ0v) is 37.2. The molecule has 0 bridgehead atoms. The van der Waals surface area contributed by atoms with E-state index in [2.05, 4.69) is 53.8 Å². The van der Waals surface area contributed by atoms with Crippen LogP contribution < -0.4 is 5.32 Å². The third kappa shape index (κ3) is 5.96. The summed E-state index contributed by atoms with van der Waals surface area (Å²) in [6.45, 7) is 21.8. The predicted molar refractivity (Wildman–Crippen MR) is 221 cm³/mol. The average molecular weight is 805 g/mol. The molecular weight excluding hydrogens is 729 g/mol. The Bertz CT molecular complexity index is 1690. The summed E-state index contributed by atoms with van der Waals surface area (Å²) >= 11 is 0. The summed E-state index contributed by atoms with van der Waals surface area (Å²) in [6.07, 6.45) is 15.8. The summed E-state index contributed by atoms with van der Waals surface area (Å²) < 4.78 is 11.9.